The van der Waals surface area contributed by atoms with E-state index in [1.54, 1.807) is 0 Å². The molecule has 1 aliphatic heterocycles. The van der Waals surface area contributed by atoms with Gasteiger partial charge >= 0.3 is 0 Å². The van der Waals surface area contributed by atoms with E-state index in [0.29, 0.717) is 19.0 Å². The first kappa shape index (κ1) is 18.3. The van der Waals surface area contributed by atoms with Crippen LogP contribution in [0.1, 0.15) is 17.2 Å². The van der Waals surface area contributed by atoms with Crippen molar-refractivity contribution in [3.05, 3.63) is 108 Å². The minimum Gasteiger partial charge on any atom is -0.467 e. The van der Waals surface area contributed by atoms with Gasteiger partial charge < -0.3 is 9.64 Å². The fourth-order valence-electron chi connectivity index (χ4n) is 3.50. The zero-order valence-corrected chi connectivity index (χ0v) is 15.8. The molecule has 4 nitrogen and oxygen atoms in total. The van der Waals surface area contributed by atoms with Crippen molar-refractivity contribution in [2.75, 3.05) is 6.54 Å². The number of hydrogen-bond acceptors (Lipinski definition) is 4. The van der Waals surface area contributed by atoms with Gasteiger partial charge in [0.25, 0.3) is 0 Å². The van der Waals surface area contributed by atoms with Crippen LogP contribution in [0.5, 0.6) is 0 Å². The Bertz CT molecular complexity index is 1070. The number of benzene rings is 3. The van der Waals surface area contributed by atoms with Gasteiger partial charge in [0.2, 0.25) is 5.88 Å². The first-order chi connectivity index (χ1) is 14.3. The second-order valence-electron chi connectivity index (χ2n) is 6.86. The van der Waals surface area contributed by atoms with Gasteiger partial charge in [-0.25, -0.2) is 0 Å². The highest BCUT2D eigenvalue weighted by molar-refractivity contribution is 5.63. The Morgan fingerprint density at radius 3 is 2.03 bits per heavy atom. The molecule has 1 heterocycles. The minimum absolute atomic E-state index is 0.00402. The summed E-state index contributed by atoms with van der Waals surface area (Å²) in [6, 6.07) is 32.4. The van der Waals surface area contributed by atoms with Crippen LogP contribution in [0.2, 0.25) is 0 Å². The minimum atomic E-state index is -0.227. The maximum Gasteiger partial charge on any atom is 0.219 e. The highest BCUT2D eigenvalue weighted by atomic mass is 16.5. The summed E-state index contributed by atoms with van der Waals surface area (Å²) in [7, 11) is 0. The van der Waals surface area contributed by atoms with Crippen LogP contribution in [0.25, 0.3) is 11.1 Å². The van der Waals surface area contributed by atoms with Crippen LogP contribution in [-0.2, 0) is 11.3 Å². The van der Waals surface area contributed by atoms with Gasteiger partial charge in [-0.15, -0.1) is 0 Å². The van der Waals surface area contributed by atoms with E-state index in [-0.39, 0.29) is 11.7 Å². The summed E-state index contributed by atoms with van der Waals surface area (Å²) >= 11 is 0. The third kappa shape index (κ3) is 3.98. The van der Waals surface area contributed by atoms with Crippen LogP contribution >= 0.6 is 0 Å². The maximum atomic E-state index is 9.35. The maximum absolute atomic E-state index is 9.35. The Balaban J connectivity index is 1.60. The topological polar surface area (TPSA) is 60.1 Å². The van der Waals surface area contributed by atoms with E-state index < -0.39 is 0 Å². The van der Waals surface area contributed by atoms with Gasteiger partial charge in [-0.3, -0.25) is 0 Å². The molecule has 1 unspecified atom stereocenters. The summed E-state index contributed by atoms with van der Waals surface area (Å²) in [4.78, 5) is 1.97. The SMILES string of the molecule is N#CC(C#N)=C1OC(c2ccc(-c3ccccc3)cc2)CN1Cc1ccccc1. The van der Waals surface area contributed by atoms with Gasteiger partial charge in [0, 0.05) is 6.54 Å². The monoisotopic (exact) mass is 377 g/mol. The third-order valence-electron chi connectivity index (χ3n) is 4.97. The lowest BCUT2D eigenvalue weighted by molar-refractivity contribution is 0.160. The molecule has 1 atom stereocenters. The molecule has 4 heteroatoms. The Kier molecular flexibility index (Phi) is 5.27. The molecular weight excluding hydrogens is 358 g/mol. The lowest BCUT2D eigenvalue weighted by atomic mass is 10.0. The summed E-state index contributed by atoms with van der Waals surface area (Å²) in [6.07, 6.45) is -0.227. The molecule has 0 aromatic heterocycles. The molecule has 3 aromatic rings. The van der Waals surface area contributed by atoms with Crippen LogP contribution in [-0.4, -0.2) is 11.4 Å². The Morgan fingerprint density at radius 1 is 0.828 bits per heavy atom. The summed E-state index contributed by atoms with van der Waals surface area (Å²) in [5.41, 5.74) is 4.43. The Labute approximate surface area is 170 Å². The Hall–Kier alpha value is -4.02. The van der Waals surface area contributed by atoms with Crippen molar-refractivity contribution in [1.29, 1.82) is 10.5 Å². The lowest BCUT2D eigenvalue weighted by Gasteiger charge is -2.16. The Morgan fingerprint density at radius 2 is 1.41 bits per heavy atom. The molecule has 1 fully saturated rings. The molecule has 0 radical (unpaired) electrons. The molecule has 0 amide bonds. The summed E-state index contributed by atoms with van der Waals surface area (Å²) in [5, 5.41) is 18.7. The number of nitrogens with zero attached hydrogens (tertiary/aromatic N) is 3. The van der Waals surface area contributed by atoms with Crippen molar-refractivity contribution < 1.29 is 4.74 Å². The van der Waals surface area contributed by atoms with Crippen molar-refractivity contribution in [2.24, 2.45) is 0 Å². The zero-order chi connectivity index (χ0) is 20.1. The molecule has 4 rings (SSSR count). The molecule has 1 saturated heterocycles. The predicted molar refractivity (Wildman–Crippen MR) is 111 cm³/mol. The number of hydrogen-bond donors (Lipinski definition) is 0. The summed E-state index contributed by atoms with van der Waals surface area (Å²) in [5.74, 6) is 0.357. The number of rotatable bonds is 4. The fraction of sp³-hybridized carbons (Fsp3) is 0.120. The molecule has 29 heavy (non-hydrogen) atoms. The average molecular weight is 377 g/mol. The summed E-state index contributed by atoms with van der Waals surface area (Å²) in [6.45, 7) is 1.17. The van der Waals surface area contributed by atoms with Crippen molar-refractivity contribution in [3.8, 4) is 23.3 Å². The van der Waals surface area contributed by atoms with Crippen molar-refractivity contribution >= 4 is 0 Å². The standard InChI is InChI=1S/C25H19N3O/c26-15-23(16-27)25-28(17-19-7-3-1-4-8-19)18-24(29-25)22-13-11-21(12-14-22)20-9-5-2-6-10-20/h1-14,24H,17-18H2. The van der Waals surface area contributed by atoms with Gasteiger partial charge in [-0.05, 0) is 22.3 Å². The smallest absolute Gasteiger partial charge is 0.219 e. The third-order valence-corrected chi connectivity index (χ3v) is 4.97. The van der Waals surface area contributed by atoms with Gasteiger partial charge in [-0.1, -0.05) is 84.9 Å². The van der Waals surface area contributed by atoms with E-state index in [9.17, 15) is 10.5 Å². The van der Waals surface area contributed by atoms with Gasteiger partial charge in [-0.2, -0.15) is 10.5 Å². The van der Waals surface area contributed by atoms with Crippen LogP contribution < -0.4 is 0 Å². The lowest BCUT2D eigenvalue weighted by Crippen LogP contribution is -2.19. The van der Waals surface area contributed by atoms with Crippen LogP contribution in [0, 0.1) is 22.7 Å². The van der Waals surface area contributed by atoms with Gasteiger partial charge in [0.05, 0.1) is 6.54 Å². The average Bonchev–Trinajstić information content (AvgIpc) is 3.19. The second-order valence-corrected chi connectivity index (χ2v) is 6.86. The van der Waals surface area contributed by atoms with Crippen LogP contribution in [0.15, 0.2) is 96.4 Å². The molecule has 0 bridgehead atoms. The quantitative estimate of drug-likeness (QED) is 0.587. The van der Waals surface area contributed by atoms with E-state index in [1.807, 2.05) is 65.6 Å². The molecule has 140 valence electrons. The van der Waals surface area contributed by atoms with E-state index in [2.05, 4.69) is 36.4 Å². The second kappa shape index (κ2) is 8.33. The molecule has 0 spiro atoms. The first-order valence-electron chi connectivity index (χ1n) is 9.44. The van der Waals surface area contributed by atoms with Crippen molar-refractivity contribution in [2.45, 2.75) is 12.6 Å². The largest absolute Gasteiger partial charge is 0.467 e. The molecule has 0 aliphatic carbocycles. The number of ether oxygens (including phenoxy) is 1. The van der Waals surface area contributed by atoms with Crippen molar-refractivity contribution in [1.82, 2.24) is 4.90 Å². The first-order valence-corrected chi connectivity index (χ1v) is 9.44. The molecule has 0 N–H and O–H groups in total. The van der Waals surface area contributed by atoms with Crippen LogP contribution in [0.3, 0.4) is 0 Å². The zero-order valence-electron chi connectivity index (χ0n) is 15.8. The molecular formula is C25H19N3O. The van der Waals surface area contributed by atoms with E-state index in [4.69, 9.17) is 4.74 Å². The van der Waals surface area contributed by atoms with E-state index in [0.717, 1.165) is 22.3 Å². The predicted octanol–water partition coefficient (Wildman–Crippen LogP) is 5.19. The van der Waals surface area contributed by atoms with E-state index in [1.165, 1.54) is 0 Å². The van der Waals surface area contributed by atoms with Gasteiger partial charge in [0.15, 0.2) is 5.57 Å². The highest BCUT2D eigenvalue weighted by Gasteiger charge is 2.32. The van der Waals surface area contributed by atoms with Crippen molar-refractivity contribution in [3.63, 3.8) is 0 Å². The highest BCUT2D eigenvalue weighted by Crippen LogP contribution is 2.34. The number of allylic oxidation sites excluding steroid dienone is 1. The van der Waals surface area contributed by atoms with Gasteiger partial charge in [0.1, 0.15) is 18.2 Å². The molecule has 3 aromatic carbocycles. The normalized spacial score (nSPS) is 15.3. The van der Waals surface area contributed by atoms with E-state index >= 15 is 0 Å². The molecule has 0 saturated carbocycles. The summed E-state index contributed by atoms with van der Waals surface area (Å²) < 4.78 is 6.08. The fourth-order valence-corrected chi connectivity index (χ4v) is 3.50. The number of nitriles is 2. The molecule has 1 aliphatic rings. The van der Waals surface area contributed by atoms with Crippen LogP contribution in [0.4, 0.5) is 0 Å².